The lowest BCUT2D eigenvalue weighted by molar-refractivity contribution is -0.185. The quantitative estimate of drug-likeness (QED) is 0.860. The van der Waals surface area contributed by atoms with E-state index in [0.717, 1.165) is 5.56 Å². The molecular weight excluding hydrogens is 246 g/mol. The highest BCUT2D eigenvalue weighted by Gasteiger charge is 2.56. The van der Waals surface area contributed by atoms with Crippen LogP contribution in [0.2, 0.25) is 0 Å². The molecule has 0 unspecified atom stereocenters. The first kappa shape index (κ1) is 12.6. The second kappa shape index (κ2) is 4.30. The molecule has 19 heavy (non-hydrogen) atoms. The Bertz CT molecular complexity index is 487. The lowest BCUT2D eigenvalue weighted by atomic mass is 10.2. The molecule has 2 aliphatic rings. The molecule has 0 spiro atoms. The van der Waals surface area contributed by atoms with Crippen molar-refractivity contribution in [2.45, 2.75) is 44.6 Å². The molecule has 2 fully saturated rings. The molecule has 2 heterocycles. The number of ether oxygens (including phenoxy) is 2. The van der Waals surface area contributed by atoms with Crippen molar-refractivity contribution in [3.05, 3.63) is 35.9 Å². The van der Waals surface area contributed by atoms with Gasteiger partial charge in [-0.25, -0.2) is 0 Å². The molecule has 1 amide bonds. The van der Waals surface area contributed by atoms with Crippen LogP contribution in [0, 0.1) is 0 Å². The van der Waals surface area contributed by atoms with Gasteiger partial charge < -0.3 is 19.5 Å². The highest BCUT2D eigenvalue weighted by molar-refractivity contribution is 5.84. The first-order valence-electron chi connectivity index (χ1n) is 6.36. The highest BCUT2D eigenvalue weighted by atomic mass is 16.8. The molecule has 1 aromatic rings. The SMILES string of the molecule is CC1(C)O[C@@H]2[C@H](O)C(=O)N(Cc3ccccc3)[C@@H]2O1. The fourth-order valence-corrected chi connectivity index (χ4v) is 2.62. The topological polar surface area (TPSA) is 59.0 Å². The third-order valence-corrected chi connectivity index (χ3v) is 3.46. The number of aliphatic hydroxyl groups is 1. The van der Waals surface area contributed by atoms with Gasteiger partial charge in [0, 0.05) is 6.54 Å². The van der Waals surface area contributed by atoms with Crippen molar-refractivity contribution in [1.82, 2.24) is 4.90 Å². The fraction of sp³-hybridized carbons (Fsp3) is 0.500. The minimum absolute atomic E-state index is 0.339. The number of benzene rings is 1. The van der Waals surface area contributed by atoms with Gasteiger partial charge in [0.25, 0.3) is 5.91 Å². The molecule has 3 rings (SSSR count). The second-order valence-electron chi connectivity index (χ2n) is 5.39. The van der Waals surface area contributed by atoms with Crippen molar-refractivity contribution < 1.29 is 19.4 Å². The van der Waals surface area contributed by atoms with Gasteiger partial charge in [0.05, 0.1) is 0 Å². The zero-order valence-electron chi connectivity index (χ0n) is 10.9. The van der Waals surface area contributed by atoms with Gasteiger partial charge in [0.15, 0.2) is 18.1 Å². The molecule has 3 atom stereocenters. The molecular formula is C14H17NO4. The number of carbonyl (C=O) groups excluding carboxylic acids is 1. The smallest absolute Gasteiger partial charge is 0.256 e. The normalized spacial score (nSPS) is 32.7. The van der Waals surface area contributed by atoms with Crippen molar-refractivity contribution in [3.63, 3.8) is 0 Å². The van der Waals surface area contributed by atoms with Gasteiger partial charge in [-0.05, 0) is 19.4 Å². The van der Waals surface area contributed by atoms with E-state index in [-0.39, 0.29) is 5.91 Å². The van der Waals surface area contributed by atoms with Gasteiger partial charge >= 0.3 is 0 Å². The van der Waals surface area contributed by atoms with Gasteiger partial charge in [0.1, 0.15) is 6.10 Å². The average Bonchev–Trinajstić information content (AvgIpc) is 2.79. The first-order chi connectivity index (χ1) is 8.98. The number of aliphatic hydroxyl groups excluding tert-OH is 1. The standard InChI is InChI=1S/C14H17NO4/c1-14(2)18-11-10(16)12(17)15(13(11)19-14)8-9-6-4-3-5-7-9/h3-7,10-11,13,16H,8H2,1-2H3/t10-,11+,13+/m0/s1. The Morgan fingerprint density at radius 1 is 1.26 bits per heavy atom. The van der Waals surface area contributed by atoms with Gasteiger partial charge in [-0.2, -0.15) is 0 Å². The number of likely N-dealkylation sites (tertiary alicyclic amines) is 1. The van der Waals surface area contributed by atoms with Crippen molar-refractivity contribution >= 4 is 5.91 Å². The van der Waals surface area contributed by atoms with E-state index in [2.05, 4.69) is 0 Å². The van der Waals surface area contributed by atoms with E-state index in [1.54, 1.807) is 18.7 Å². The minimum atomic E-state index is -1.14. The summed E-state index contributed by atoms with van der Waals surface area (Å²) in [6.07, 6.45) is -2.26. The molecule has 0 radical (unpaired) electrons. The first-order valence-corrected chi connectivity index (χ1v) is 6.36. The van der Waals surface area contributed by atoms with E-state index in [9.17, 15) is 9.90 Å². The third kappa shape index (κ3) is 2.14. The molecule has 2 saturated heterocycles. The largest absolute Gasteiger partial charge is 0.380 e. The summed E-state index contributed by atoms with van der Waals surface area (Å²) in [6.45, 7) is 3.98. The predicted molar refractivity (Wildman–Crippen MR) is 66.8 cm³/mol. The summed E-state index contributed by atoms with van der Waals surface area (Å²) in [5.74, 6) is -1.11. The summed E-state index contributed by atoms with van der Waals surface area (Å²) >= 11 is 0. The summed E-state index contributed by atoms with van der Waals surface area (Å²) in [5, 5.41) is 9.95. The fourth-order valence-electron chi connectivity index (χ4n) is 2.62. The van der Waals surface area contributed by atoms with Gasteiger partial charge in [-0.1, -0.05) is 30.3 Å². The van der Waals surface area contributed by atoms with Gasteiger partial charge in [0.2, 0.25) is 0 Å². The Morgan fingerprint density at radius 3 is 2.63 bits per heavy atom. The van der Waals surface area contributed by atoms with Crippen LogP contribution < -0.4 is 0 Å². The van der Waals surface area contributed by atoms with Crippen LogP contribution in [-0.2, 0) is 20.8 Å². The van der Waals surface area contributed by atoms with E-state index < -0.39 is 24.2 Å². The van der Waals surface area contributed by atoms with Crippen molar-refractivity contribution in [3.8, 4) is 0 Å². The number of carbonyl (C=O) groups is 1. The zero-order chi connectivity index (χ0) is 13.6. The molecule has 0 aromatic heterocycles. The maximum Gasteiger partial charge on any atom is 0.256 e. The van der Waals surface area contributed by atoms with Gasteiger partial charge in [-0.3, -0.25) is 4.79 Å². The second-order valence-corrected chi connectivity index (χ2v) is 5.39. The van der Waals surface area contributed by atoms with Crippen LogP contribution in [-0.4, -0.2) is 40.1 Å². The van der Waals surface area contributed by atoms with E-state index in [1.165, 1.54) is 0 Å². The predicted octanol–water partition coefficient (Wildman–Crippen LogP) is 0.867. The number of fused-ring (bicyclic) bond motifs is 1. The Morgan fingerprint density at radius 2 is 1.95 bits per heavy atom. The third-order valence-electron chi connectivity index (χ3n) is 3.46. The monoisotopic (exact) mass is 263 g/mol. The van der Waals surface area contributed by atoms with Crippen LogP contribution in [0.5, 0.6) is 0 Å². The molecule has 102 valence electrons. The van der Waals surface area contributed by atoms with Crippen LogP contribution in [0.4, 0.5) is 0 Å². The molecule has 0 saturated carbocycles. The summed E-state index contributed by atoms with van der Waals surface area (Å²) in [7, 11) is 0. The summed E-state index contributed by atoms with van der Waals surface area (Å²) < 4.78 is 11.3. The maximum atomic E-state index is 12.1. The Labute approximate surface area is 111 Å². The maximum absolute atomic E-state index is 12.1. The number of amides is 1. The van der Waals surface area contributed by atoms with Crippen LogP contribution in [0.3, 0.4) is 0 Å². The van der Waals surface area contributed by atoms with E-state index in [0.29, 0.717) is 6.54 Å². The van der Waals surface area contributed by atoms with Crippen LogP contribution in [0.25, 0.3) is 0 Å². The number of nitrogens with zero attached hydrogens (tertiary/aromatic N) is 1. The Kier molecular flexibility index (Phi) is 2.85. The summed E-state index contributed by atoms with van der Waals surface area (Å²) in [5.41, 5.74) is 0.997. The molecule has 0 bridgehead atoms. The Balaban J connectivity index is 1.83. The lowest BCUT2D eigenvalue weighted by Crippen LogP contribution is -2.38. The highest BCUT2D eigenvalue weighted by Crippen LogP contribution is 2.37. The average molecular weight is 263 g/mol. The molecule has 2 aliphatic heterocycles. The van der Waals surface area contributed by atoms with Crippen LogP contribution in [0.1, 0.15) is 19.4 Å². The molecule has 5 heteroatoms. The summed E-state index contributed by atoms with van der Waals surface area (Å²) in [6, 6.07) is 9.63. The van der Waals surface area contributed by atoms with E-state index in [1.807, 2.05) is 30.3 Å². The van der Waals surface area contributed by atoms with Crippen LogP contribution in [0.15, 0.2) is 30.3 Å². The zero-order valence-corrected chi connectivity index (χ0v) is 10.9. The number of hydrogen-bond acceptors (Lipinski definition) is 4. The van der Waals surface area contributed by atoms with E-state index >= 15 is 0 Å². The van der Waals surface area contributed by atoms with Crippen LogP contribution >= 0.6 is 0 Å². The number of hydrogen-bond donors (Lipinski definition) is 1. The molecule has 0 aliphatic carbocycles. The number of rotatable bonds is 2. The molecule has 1 N–H and O–H groups in total. The van der Waals surface area contributed by atoms with Gasteiger partial charge in [-0.15, -0.1) is 0 Å². The van der Waals surface area contributed by atoms with Crippen molar-refractivity contribution in [1.29, 1.82) is 0 Å². The summed E-state index contributed by atoms with van der Waals surface area (Å²) in [4.78, 5) is 13.6. The van der Waals surface area contributed by atoms with E-state index in [4.69, 9.17) is 9.47 Å². The minimum Gasteiger partial charge on any atom is -0.380 e. The Hall–Kier alpha value is -1.43. The van der Waals surface area contributed by atoms with Crippen molar-refractivity contribution in [2.24, 2.45) is 0 Å². The molecule has 1 aromatic carbocycles. The van der Waals surface area contributed by atoms with Crippen molar-refractivity contribution in [2.75, 3.05) is 0 Å². The molecule has 5 nitrogen and oxygen atoms in total. The lowest BCUT2D eigenvalue weighted by Gasteiger charge is -2.25.